The number of benzene rings is 2. The molecule has 2 aromatic carbocycles. The Balaban J connectivity index is 2.00. The normalized spacial score (nSPS) is 11.0. The number of ether oxygens (including phenoxy) is 1. The molecule has 0 aromatic heterocycles. The standard InChI is InChI=1S/C14H9Cl2F3N2O3/c15-10-5-8(6-11(16)12(10)22)21-13(23)20-7-1-3-9(4-2-7)24-14(17,18)19/h1-6,22H,(H2,20,21,23). The van der Waals surface area contributed by atoms with Crippen LogP contribution in [-0.4, -0.2) is 17.5 Å². The van der Waals surface area contributed by atoms with Crippen LogP contribution in [0.3, 0.4) is 0 Å². The van der Waals surface area contributed by atoms with Gasteiger partial charge in [0.25, 0.3) is 0 Å². The van der Waals surface area contributed by atoms with Crippen LogP contribution in [0.2, 0.25) is 10.0 Å². The molecule has 2 rings (SSSR count). The summed E-state index contributed by atoms with van der Waals surface area (Å²) >= 11 is 11.4. The first-order chi connectivity index (χ1) is 11.1. The van der Waals surface area contributed by atoms with Crippen molar-refractivity contribution in [1.29, 1.82) is 0 Å². The van der Waals surface area contributed by atoms with E-state index in [1.165, 1.54) is 24.3 Å². The minimum atomic E-state index is -4.79. The van der Waals surface area contributed by atoms with E-state index in [1.54, 1.807) is 0 Å². The Labute approximate surface area is 143 Å². The Bertz CT molecular complexity index is 729. The Morgan fingerprint density at radius 1 is 1.00 bits per heavy atom. The number of carbonyl (C=O) groups excluding carboxylic acids is 1. The molecule has 0 spiro atoms. The van der Waals surface area contributed by atoms with E-state index in [9.17, 15) is 23.1 Å². The molecule has 0 aliphatic rings. The van der Waals surface area contributed by atoms with Crippen LogP contribution >= 0.6 is 23.2 Å². The number of nitrogens with one attached hydrogen (secondary N) is 2. The average Bonchev–Trinajstić information content (AvgIpc) is 2.45. The molecule has 2 amide bonds. The molecule has 5 nitrogen and oxygen atoms in total. The molecule has 10 heteroatoms. The quantitative estimate of drug-likeness (QED) is 0.637. The number of aromatic hydroxyl groups is 1. The number of rotatable bonds is 3. The van der Waals surface area contributed by atoms with Crippen LogP contribution in [0.15, 0.2) is 36.4 Å². The molecule has 0 saturated carbocycles. The number of halogens is 5. The molecule has 2 aromatic rings. The highest BCUT2D eigenvalue weighted by molar-refractivity contribution is 6.37. The van der Waals surface area contributed by atoms with Crippen LogP contribution in [0.4, 0.5) is 29.3 Å². The number of phenols is 1. The monoisotopic (exact) mass is 380 g/mol. The molecule has 0 unspecified atom stereocenters. The molecule has 0 aliphatic carbocycles. The van der Waals surface area contributed by atoms with Crippen LogP contribution in [-0.2, 0) is 0 Å². The molecule has 0 fully saturated rings. The number of amides is 2. The summed E-state index contributed by atoms with van der Waals surface area (Å²) in [5.41, 5.74) is 0.454. The number of phenolic OH excluding ortho intramolecular Hbond substituents is 1. The number of urea groups is 1. The van der Waals surface area contributed by atoms with Crippen molar-refractivity contribution in [1.82, 2.24) is 0 Å². The molecule has 3 N–H and O–H groups in total. The summed E-state index contributed by atoms with van der Waals surface area (Å²) in [6.45, 7) is 0. The van der Waals surface area contributed by atoms with Gasteiger partial charge in [0, 0.05) is 11.4 Å². The average molecular weight is 381 g/mol. The van der Waals surface area contributed by atoms with Crippen LogP contribution in [0.1, 0.15) is 0 Å². The molecule has 0 radical (unpaired) electrons. The van der Waals surface area contributed by atoms with Crippen molar-refractivity contribution in [2.24, 2.45) is 0 Å². The van der Waals surface area contributed by atoms with Crippen LogP contribution in [0.5, 0.6) is 11.5 Å². The van der Waals surface area contributed by atoms with Gasteiger partial charge in [0.15, 0.2) is 5.75 Å². The molecule has 24 heavy (non-hydrogen) atoms. The summed E-state index contributed by atoms with van der Waals surface area (Å²) in [6.07, 6.45) is -4.79. The highest BCUT2D eigenvalue weighted by Gasteiger charge is 2.30. The maximum atomic E-state index is 12.0. The Morgan fingerprint density at radius 3 is 2.00 bits per heavy atom. The van der Waals surface area contributed by atoms with Gasteiger partial charge in [-0.05, 0) is 36.4 Å². The number of hydrogen-bond acceptors (Lipinski definition) is 3. The van der Waals surface area contributed by atoms with Crippen molar-refractivity contribution in [2.45, 2.75) is 6.36 Å². The summed E-state index contributed by atoms with van der Waals surface area (Å²) in [4.78, 5) is 11.8. The minimum Gasteiger partial charge on any atom is -0.505 e. The third-order valence-corrected chi connectivity index (χ3v) is 3.20. The van der Waals surface area contributed by atoms with Gasteiger partial charge in [-0.25, -0.2) is 4.79 Å². The smallest absolute Gasteiger partial charge is 0.505 e. The molecular weight excluding hydrogens is 372 g/mol. The second-order valence-electron chi connectivity index (χ2n) is 4.44. The zero-order chi connectivity index (χ0) is 17.9. The van der Waals surface area contributed by atoms with Gasteiger partial charge < -0.3 is 20.5 Å². The Hall–Kier alpha value is -2.32. The van der Waals surface area contributed by atoms with Gasteiger partial charge >= 0.3 is 12.4 Å². The van der Waals surface area contributed by atoms with E-state index in [-0.39, 0.29) is 27.2 Å². The Kier molecular flexibility index (Phi) is 5.30. The third kappa shape index (κ3) is 5.10. The fraction of sp³-hybridized carbons (Fsp3) is 0.0714. The first-order valence-corrected chi connectivity index (χ1v) is 7.01. The van der Waals surface area contributed by atoms with Crippen LogP contribution in [0.25, 0.3) is 0 Å². The van der Waals surface area contributed by atoms with Gasteiger partial charge in [0.2, 0.25) is 0 Å². The van der Waals surface area contributed by atoms with Gasteiger partial charge in [0.05, 0.1) is 10.0 Å². The van der Waals surface area contributed by atoms with Crippen molar-refractivity contribution < 1.29 is 27.8 Å². The van der Waals surface area contributed by atoms with E-state index in [0.29, 0.717) is 0 Å². The van der Waals surface area contributed by atoms with E-state index in [1.807, 2.05) is 0 Å². The van der Waals surface area contributed by atoms with E-state index < -0.39 is 18.1 Å². The minimum absolute atomic E-state index is 0.0496. The molecule has 0 saturated heterocycles. The lowest BCUT2D eigenvalue weighted by Gasteiger charge is -2.11. The fourth-order valence-corrected chi connectivity index (χ4v) is 2.16. The van der Waals surface area contributed by atoms with E-state index in [2.05, 4.69) is 15.4 Å². The number of hydrogen-bond donors (Lipinski definition) is 3. The number of anilines is 2. The molecule has 0 atom stereocenters. The molecule has 0 aliphatic heterocycles. The van der Waals surface area contributed by atoms with Crippen LogP contribution < -0.4 is 15.4 Å². The zero-order valence-corrected chi connectivity index (χ0v) is 13.1. The summed E-state index contributed by atoms with van der Waals surface area (Å²) in [6, 6.07) is 6.45. The first-order valence-electron chi connectivity index (χ1n) is 6.26. The zero-order valence-electron chi connectivity index (χ0n) is 11.6. The predicted molar refractivity (Wildman–Crippen MR) is 83.9 cm³/mol. The van der Waals surface area contributed by atoms with Crippen molar-refractivity contribution in [3.63, 3.8) is 0 Å². The SMILES string of the molecule is O=C(Nc1ccc(OC(F)(F)F)cc1)Nc1cc(Cl)c(O)c(Cl)c1. The van der Waals surface area contributed by atoms with Crippen molar-refractivity contribution in [2.75, 3.05) is 10.6 Å². The lowest BCUT2D eigenvalue weighted by Crippen LogP contribution is -2.19. The second-order valence-corrected chi connectivity index (χ2v) is 5.25. The summed E-state index contributed by atoms with van der Waals surface area (Å²) in [7, 11) is 0. The second kappa shape index (κ2) is 7.06. The summed E-state index contributed by atoms with van der Waals surface area (Å²) in [5.74, 6) is -0.727. The maximum absolute atomic E-state index is 12.0. The van der Waals surface area contributed by atoms with Gasteiger partial charge in [0.1, 0.15) is 5.75 Å². The van der Waals surface area contributed by atoms with Crippen molar-refractivity contribution in [3.8, 4) is 11.5 Å². The molecule has 0 heterocycles. The first kappa shape index (κ1) is 18.0. The van der Waals surface area contributed by atoms with Gasteiger partial charge in [-0.3, -0.25) is 0 Å². The number of alkyl halides is 3. The van der Waals surface area contributed by atoms with Crippen LogP contribution in [0, 0.1) is 0 Å². The van der Waals surface area contributed by atoms with Crippen molar-refractivity contribution >= 4 is 40.6 Å². The highest BCUT2D eigenvalue weighted by atomic mass is 35.5. The largest absolute Gasteiger partial charge is 0.573 e. The van der Waals surface area contributed by atoms with E-state index >= 15 is 0 Å². The lowest BCUT2D eigenvalue weighted by atomic mass is 10.3. The van der Waals surface area contributed by atoms with Crippen molar-refractivity contribution in [3.05, 3.63) is 46.4 Å². The van der Waals surface area contributed by atoms with Gasteiger partial charge in [-0.1, -0.05) is 23.2 Å². The molecule has 128 valence electrons. The maximum Gasteiger partial charge on any atom is 0.573 e. The number of carbonyl (C=O) groups is 1. The predicted octanol–water partition coefficient (Wildman–Crippen LogP) is 5.24. The topological polar surface area (TPSA) is 70.6 Å². The summed E-state index contributed by atoms with van der Waals surface area (Å²) < 4.78 is 39.9. The Morgan fingerprint density at radius 2 is 1.50 bits per heavy atom. The highest BCUT2D eigenvalue weighted by Crippen LogP contribution is 2.34. The van der Waals surface area contributed by atoms with E-state index in [0.717, 1.165) is 12.1 Å². The lowest BCUT2D eigenvalue weighted by molar-refractivity contribution is -0.274. The summed E-state index contributed by atoms with van der Waals surface area (Å²) in [5, 5.41) is 14.1. The van der Waals surface area contributed by atoms with Gasteiger partial charge in [-0.15, -0.1) is 13.2 Å². The van der Waals surface area contributed by atoms with Gasteiger partial charge in [-0.2, -0.15) is 0 Å². The fourth-order valence-electron chi connectivity index (χ4n) is 1.67. The molecule has 0 bridgehead atoms. The van der Waals surface area contributed by atoms with E-state index in [4.69, 9.17) is 23.2 Å². The third-order valence-electron chi connectivity index (χ3n) is 2.62. The molecular formula is C14H9Cl2F3N2O3.